The maximum absolute atomic E-state index is 13.2. The highest BCUT2D eigenvalue weighted by atomic mass is 32.2. The average Bonchev–Trinajstić information content (AvgIpc) is 2.77. The zero-order valence-electron chi connectivity index (χ0n) is 16.6. The lowest BCUT2D eigenvalue weighted by Crippen LogP contribution is -2.41. The van der Waals surface area contributed by atoms with Crippen LogP contribution in [0.1, 0.15) is 20.7 Å². The molecule has 0 unspecified atom stereocenters. The van der Waals surface area contributed by atoms with E-state index in [1.54, 1.807) is 12.1 Å². The van der Waals surface area contributed by atoms with Crippen molar-refractivity contribution in [1.82, 2.24) is 10.9 Å². The molecule has 0 radical (unpaired) electrons. The molecular formula is C21H17F2N3O5S. The van der Waals surface area contributed by atoms with Gasteiger partial charge in [0.25, 0.3) is 21.8 Å². The normalized spacial score (nSPS) is 10.8. The summed E-state index contributed by atoms with van der Waals surface area (Å²) in [5, 5.41) is 0. The maximum atomic E-state index is 13.2. The van der Waals surface area contributed by atoms with Crippen LogP contribution in [0.5, 0.6) is 5.75 Å². The molecule has 0 saturated carbocycles. The molecule has 0 spiro atoms. The Morgan fingerprint density at radius 2 is 1.41 bits per heavy atom. The molecule has 3 rings (SSSR count). The minimum atomic E-state index is -4.01. The van der Waals surface area contributed by atoms with Gasteiger partial charge < -0.3 is 4.74 Å². The van der Waals surface area contributed by atoms with Gasteiger partial charge in [0.2, 0.25) is 0 Å². The summed E-state index contributed by atoms with van der Waals surface area (Å²) in [4.78, 5) is 24.1. The summed E-state index contributed by atoms with van der Waals surface area (Å²) in [5.74, 6) is -3.15. The number of amides is 2. The largest absolute Gasteiger partial charge is 0.497 e. The van der Waals surface area contributed by atoms with E-state index in [-0.39, 0.29) is 21.7 Å². The molecule has 0 atom stereocenters. The van der Waals surface area contributed by atoms with E-state index in [4.69, 9.17) is 4.74 Å². The van der Waals surface area contributed by atoms with E-state index in [2.05, 4.69) is 10.1 Å². The second kappa shape index (κ2) is 9.43. The fraction of sp³-hybridized carbons (Fsp3) is 0.0476. The third kappa shape index (κ3) is 5.58. The highest BCUT2D eigenvalue weighted by Gasteiger charge is 2.17. The maximum Gasteiger partial charge on any atom is 0.269 e. The zero-order chi connectivity index (χ0) is 23.3. The van der Waals surface area contributed by atoms with Gasteiger partial charge in [0, 0.05) is 22.9 Å². The van der Waals surface area contributed by atoms with Crippen LogP contribution in [0.4, 0.5) is 14.5 Å². The van der Waals surface area contributed by atoms with Crippen LogP contribution in [0, 0.1) is 11.6 Å². The van der Waals surface area contributed by atoms with Gasteiger partial charge in [0.1, 0.15) is 17.4 Å². The van der Waals surface area contributed by atoms with E-state index in [9.17, 15) is 26.8 Å². The Labute approximate surface area is 182 Å². The van der Waals surface area contributed by atoms with E-state index in [0.29, 0.717) is 11.8 Å². The van der Waals surface area contributed by atoms with Crippen LogP contribution in [0.15, 0.2) is 71.6 Å². The number of methoxy groups -OCH3 is 1. The Hall–Kier alpha value is -3.99. The number of ether oxygens (including phenoxy) is 1. The van der Waals surface area contributed by atoms with Crippen molar-refractivity contribution in [3.63, 3.8) is 0 Å². The molecule has 0 heterocycles. The Bertz CT molecular complexity index is 1240. The number of rotatable bonds is 6. The van der Waals surface area contributed by atoms with Gasteiger partial charge in [-0.15, -0.1) is 0 Å². The summed E-state index contributed by atoms with van der Waals surface area (Å²) >= 11 is 0. The number of carbonyl (C=O) groups is 2. The van der Waals surface area contributed by atoms with Crippen molar-refractivity contribution in [3.05, 3.63) is 89.5 Å². The smallest absolute Gasteiger partial charge is 0.269 e. The molecular weight excluding hydrogens is 444 g/mol. The van der Waals surface area contributed by atoms with Crippen molar-refractivity contribution in [2.24, 2.45) is 0 Å². The topological polar surface area (TPSA) is 114 Å². The predicted molar refractivity (Wildman–Crippen MR) is 112 cm³/mol. The minimum absolute atomic E-state index is 0.0756. The van der Waals surface area contributed by atoms with Crippen molar-refractivity contribution in [1.29, 1.82) is 0 Å². The zero-order valence-corrected chi connectivity index (χ0v) is 17.4. The summed E-state index contributed by atoms with van der Waals surface area (Å²) in [6.45, 7) is 0. The van der Waals surface area contributed by atoms with E-state index < -0.39 is 33.5 Å². The summed E-state index contributed by atoms with van der Waals surface area (Å²) in [6.07, 6.45) is 0. The fourth-order valence-electron chi connectivity index (χ4n) is 2.62. The van der Waals surface area contributed by atoms with Crippen molar-refractivity contribution in [2.75, 3.05) is 11.8 Å². The van der Waals surface area contributed by atoms with Crippen LogP contribution >= 0.6 is 0 Å². The number of hydrogen-bond acceptors (Lipinski definition) is 5. The molecule has 0 bridgehead atoms. The first-order valence-corrected chi connectivity index (χ1v) is 10.5. The van der Waals surface area contributed by atoms with Crippen LogP contribution in [0.3, 0.4) is 0 Å². The number of benzene rings is 3. The van der Waals surface area contributed by atoms with Gasteiger partial charge >= 0.3 is 0 Å². The van der Waals surface area contributed by atoms with E-state index in [1.165, 1.54) is 37.4 Å². The molecule has 166 valence electrons. The van der Waals surface area contributed by atoms with Crippen LogP contribution in [0.25, 0.3) is 0 Å². The lowest BCUT2D eigenvalue weighted by molar-refractivity contribution is 0.0846. The van der Waals surface area contributed by atoms with Crippen LogP contribution in [-0.4, -0.2) is 27.3 Å². The van der Waals surface area contributed by atoms with Gasteiger partial charge in [0.15, 0.2) is 0 Å². The molecule has 0 aliphatic heterocycles. The molecule has 0 saturated heterocycles. The molecule has 2 amide bonds. The standard InChI is InChI=1S/C21H17F2N3O5S/c1-31-18-7-5-17(6-8-18)26-32(29,30)19-4-2-3-13(11-19)20(27)24-25-21(28)14-9-15(22)12-16(23)10-14/h2-12,26H,1H3,(H,24,27)(H,25,28). The first-order chi connectivity index (χ1) is 15.2. The average molecular weight is 461 g/mol. The summed E-state index contributed by atoms with van der Waals surface area (Å²) in [7, 11) is -2.53. The van der Waals surface area contributed by atoms with Gasteiger partial charge in [-0.25, -0.2) is 17.2 Å². The summed E-state index contributed by atoms with van der Waals surface area (Å²) in [6, 6.07) is 13.4. The first kappa shape index (κ1) is 22.7. The van der Waals surface area contributed by atoms with Crippen molar-refractivity contribution < 1.29 is 31.5 Å². The molecule has 11 heteroatoms. The number of nitrogens with one attached hydrogen (secondary N) is 3. The summed E-state index contributed by atoms with van der Waals surface area (Å²) in [5.41, 5.74) is 3.94. The fourth-order valence-corrected chi connectivity index (χ4v) is 3.72. The summed E-state index contributed by atoms with van der Waals surface area (Å²) < 4.78 is 59.1. The molecule has 0 fully saturated rings. The number of hydrogen-bond donors (Lipinski definition) is 3. The number of sulfonamides is 1. The van der Waals surface area contributed by atoms with Gasteiger partial charge in [0.05, 0.1) is 12.0 Å². The Kier molecular flexibility index (Phi) is 6.69. The predicted octanol–water partition coefficient (Wildman–Crippen LogP) is 2.85. The van der Waals surface area contributed by atoms with E-state index in [0.717, 1.165) is 18.2 Å². The third-order valence-electron chi connectivity index (χ3n) is 4.16. The van der Waals surface area contributed by atoms with Crippen molar-refractivity contribution >= 4 is 27.5 Å². The molecule has 8 nitrogen and oxygen atoms in total. The molecule has 0 aliphatic rings. The molecule has 3 aromatic rings. The first-order valence-electron chi connectivity index (χ1n) is 9.01. The highest BCUT2D eigenvalue weighted by molar-refractivity contribution is 7.92. The van der Waals surface area contributed by atoms with Gasteiger partial charge in [-0.2, -0.15) is 0 Å². The Morgan fingerprint density at radius 3 is 2.00 bits per heavy atom. The second-order valence-corrected chi connectivity index (χ2v) is 8.11. The monoisotopic (exact) mass is 461 g/mol. The van der Waals surface area contributed by atoms with Crippen LogP contribution in [-0.2, 0) is 10.0 Å². The molecule has 0 aromatic heterocycles. The van der Waals surface area contributed by atoms with E-state index in [1.807, 2.05) is 5.43 Å². The SMILES string of the molecule is COc1ccc(NS(=O)(=O)c2cccc(C(=O)NNC(=O)c3cc(F)cc(F)c3)c2)cc1. The molecule has 3 N–H and O–H groups in total. The van der Waals surface area contributed by atoms with Gasteiger partial charge in [-0.3, -0.25) is 25.2 Å². The van der Waals surface area contributed by atoms with E-state index >= 15 is 0 Å². The molecule has 0 aliphatic carbocycles. The van der Waals surface area contributed by atoms with Gasteiger partial charge in [-0.05, 0) is 54.6 Å². The van der Waals surface area contributed by atoms with Crippen molar-refractivity contribution in [3.8, 4) is 5.75 Å². The molecule has 32 heavy (non-hydrogen) atoms. The van der Waals surface area contributed by atoms with Crippen LogP contribution in [0.2, 0.25) is 0 Å². The van der Waals surface area contributed by atoms with Gasteiger partial charge in [-0.1, -0.05) is 6.07 Å². The lowest BCUT2D eigenvalue weighted by Gasteiger charge is -2.11. The van der Waals surface area contributed by atoms with Crippen LogP contribution < -0.4 is 20.3 Å². The second-order valence-electron chi connectivity index (χ2n) is 6.43. The number of halogens is 2. The molecule has 3 aromatic carbocycles. The highest BCUT2D eigenvalue weighted by Crippen LogP contribution is 2.20. The number of anilines is 1. The number of hydrazine groups is 1. The third-order valence-corrected chi connectivity index (χ3v) is 5.54. The Morgan fingerprint density at radius 1 is 0.812 bits per heavy atom. The lowest BCUT2D eigenvalue weighted by atomic mass is 10.2. The quantitative estimate of drug-likeness (QED) is 0.489. The Balaban J connectivity index is 1.70. The minimum Gasteiger partial charge on any atom is -0.497 e. The van der Waals surface area contributed by atoms with Crippen molar-refractivity contribution in [2.45, 2.75) is 4.90 Å². The number of carbonyl (C=O) groups excluding carboxylic acids is 2.